The molecule has 0 N–H and O–H groups in total. The van der Waals surface area contributed by atoms with Crippen molar-refractivity contribution in [2.24, 2.45) is 0 Å². The van der Waals surface area contributed by atoms with Gasteiger partial charge in [0, 0.05) is 29.3 Å². The minimum atomic E-state index is -1.48. The van der Waals surface area contributed by atoms with Crippen LogP contribution in [0.4, 0.5) is 5.69 Å². The molecular formula is C10H5N2O4-. The van der Waals surface area contributed by atoms with Crippen molar-refractivity contribution in [3.63, 3.8) is 0 Å². The number of carbonyl (C=O) groups excluding carboxylic acids is 1. The third kappa shape index (κ3) is 1.56. The van der Waals surface area contributed by atoms with Crippen LogP contribution >= 0.6 is 0 Å². The van der Waals surface area contributed by atoms with E-state index in [1.54, 1.807) is 12.1 Å². The minimum Gasteiger partial charge on any atom is -0.545 e. The molecular weight excluding hydrogens is 212 g/mol. The summed E-state index contributed by atoms with van der Waals surface area (Å²) in [5.74, 6) is -1.48. The molecule has 0 saturated heterocycles. The van der Waals surface area contributed by atoms with E-state index < -0.39 is 10.9 Å². The summed E-state index contributed by atoms with van der Waals surface area (Å²) in [4.78, 5) is 24.6. The number of aromatic nitrogens is 1. The Hall–Kier alpha value is -2.50. The molecule has 0 spiro atoms. The van der Waals surface area contributed by atoms with Gasteiger partial charge in [0.1, 0.15) is 0 Å². The van der Waals surface area contributed by atoms with Crippen LogP contribution in [-0.2, 0) is 0 Å². The van der Waals surface area contributed by atoms with E-state index in [1.807, 2.05) is 0 Å². The van der Waals surface area contributed by atoms with Gasteiger partial charge in [0.05, 0.1) is 16.4 Å². The Kier molecular flexibility index (Phi) is 2.24. The number of rotatable bonds is 2. The normalized spacial score (nSPS) is 10.2. The number of benzene rings is 1. The Bertz CT molecular complexity index is 594. The highest BCUT2D eigenvalue weighted by molar-refractivity contribution is 6.01. The largest absolute Gasteiger partial charge is 0.545 e. The fraction of sp³-hybridized carbons (Fsp3) is 0. The van der Waals surface area contributed by atoms with Crippen LogP contribution in [0.1, 0.15) is 10.4 Å². The number of non-ortho nitro benzene ring substituents is 1. The molecule has 0 atom stereocenters. The van der Waals surface area contributed by atoms with Gasteiger partial charge in [0.2, 0.25) is 0 Å². The summed E-state index contributed by atoms with van der Waals surface area (Å²) < 4.78 is 0. The molecule has 1 aromatic carbocycles. The van der Waals surface area contributed by atoms with Crippen LogP contribution in [0.25, 0.3) is 10.9 Å². The Morgan fingerprint density at radius 1 is 1.38 bits per heavy atom. The van der Waals surface area contributed by atoms with Crippen LogP contribution in [0.3, 0.4) is 0 Å². The first-order chi connectivity index (χ1) is 7.59. The number of aromatic carboxylic acids is 1. The number of nitro groups is 1. The first-order valence-electron chi connectivity index (χ1n) is 4.34. The molecule has 2 rings (SSSR count). The van der Waals surface area contributed by atoms with Crippen LogP contribution in [0, 0.1) is 10.1 Å². The van der Waals surface area contributed by atoms with E-state index >= 15 is 0 Å². The number of pyridine rings is 1. The van der Waals surface area contributed by atoms with Gasteiger partial charge in [0.15, 0.2) is 0 Å². The van der Waals surface area contributed by atoms with E-state index in [2.05, 4.69) is 4.98 Å². The monoisotopic (exact) mass is 217 g/mol. The number of fused-ring (bicyclic) bond motifs is 1. The SMILES string of the molecule is O=C([O-])c1cc([N+](=O)[O-])cc2cccnc12. The fourth-order valence-electron chi connectivity index (χ4n) is 1.44. The van der Waals surface area contributed by atoms with Crippen molar-refractivity contribution < 1.29 is 14.8 Å². The van der Waals surface area contributed by atoms with E-state index in [0.29, 0.717) is 5.39 Å². The molecule has 0 fully saturated rings. The molecule has 1 heterocycles. The standard InChI is InChI=1S/C10H6N2O4/c13-10(14)8-5-7(12(15)16)4-6-2-1-3-11-9(6)8/h1-5H,(H,13,14)/p-1. The molecule has 0 radical (unpaired) electrons. The molecule has 2 aromatic rings. The third-order valence-corrected chi connectivity index (χ3v) is 2.12. The first kappa shape index (κ1) is 10.0. The van der Waals surface area contributed by atoms with Crippen LogP contribution < -0.4 is 5.11 Å². The lowest BCUT2D eigenvalue weighted by Crippen LogP contribution is -2.22. The van der Waals surface area contributed by atoms with Gasteiger partial charge in [-0.15, -0.1) is 0 Å². The molecule has 0 unspecified atom stereocenters. The third-order valence-electron chi connectivity index (χ3n) is 2.12. The molecule has 0 saturated carbocycles. The number of hydrogen-bond donors (Lipinski definition) is 0. The number of hydrogen-bond acceptors (Lipinski definition) is 5. The Labute approximate surface area is 89.3 Å². The van der Waals surface area contributed by atoms with Gasteiger partial charge in [-0.1, -0.05) is 6.07 Å². The van der Waals surface area contributed by atoms with Gasteiger partial charge in [-0.3, -0.25) is 15.1 Å². The molecule has 0 bridgehead atoms. The number of carbonyl (C=O) groups is 1. The molecule has 6 heteroatoms. The topological polar surface area (TPSA) is 96.2 Å². The maximum Gasteiger partial charge on any atom is 0.270 e. The summed E-state index contributed by atoms with van der Waals surface area (Å²) in [5, 5.41) is 21.8. The Morgan fingerprint density at radius 3 is 2.75 bits per heavy atom. The first-order valence-corrected chi connectivity index (χ1v) is 4.34. The van der Waals surface area contributed by atoms with Crippen molar-refractivity contribution in [3.8, 4) is 0 Å². The highest BCUT2D eigenvalue weighted by atomic mass is 16.6. The zero-order valence-corrected chi connectivity index (χ0v) is 7.91. The lowest BCUT2D eigenvalue weighted by atomic mass is 10.1. The maximum atomic E-state index is 10.8. The molecule has 1 aromatic heterocycles. The highest BCUT2D eigenvalue weighted by Crippen LogP contribution is 2.23. The van der Waals surface area contributed by atoms with E-state index in [9.17, 15) is 20.0 Å². The summed E-state index contributed by atoms with van der Waals surface area (Å²) in [5.41, 5.74) is -0.377. The second-order valence-electron chi connectivity index (χ2n) is 3.11. The summed E-state index contributed by atoms with van der Waals surface area (Å²) in [6.45, 7) is 0. The van der Waals surface area contributed by atoms with Crippen LogP contribution in [0.5, 0.6) is 0 Å². The average Bonchev–Trinajstić information content (AvgIpc) is 2.27. The number of nitrogens with zero attached hydrogens (tertiary/aromatic N) is 2. The second kappa shape index (κ2) is 3.58. The van der Waals surface area contributed by atoms with Gasteiger partial charge in [0.25, 0.3) is 5.69 Å². The molecule has 0 amide bonds. The predicted octanol–water partition coefficient (Wildman–Crippen LogP) is 0.506. The smallest absolute Gasteiger partial charge is 0.270 e. The van der Waals surface area contributed by atoms with Gasteiger partial charge >= 0.3 is 0 Å². The highest BCUT2D eigenvalue weighted by Gasteiger charge is 2.12. The molecule has 16 heavy (non-hydrogen) atoms. The predicted molar refractivity (Wildman–Crippen MR) is 52.7 cm³/mol. The number of carboxylic acid groups (broad SMARTS) is 1. The lowest BCUT2D eigenvalue weighted by molar-refractivity contribution is -0.384. The van der Waals surface area contributed by atoms with Gasteiger partial charge in [-0.25, -0.2) is 0 Å². The number of nitro benzene ring substituents is 1. The van der Waals surface area contributed by atoms with Gasteiger partial charge < -0.3 is 9.90 Å². The summed E-state index contributed by atoms with van der Waals surface area (Å²) in [6, 6.07) is 5.35. The average molecular weight is 217 g/mol. The Morgan fingerprint density at radius 2 is 2.12 bits per heavy atom. The maximum absolute atomic E-state index is 10.8. The quantitative estimate of drug-likeness (QED) is 0.539. The van der Waals surface area contributed by atoms with Crippen molar-refractivity contribution in [2.75, 3.05) is 0 Å². The molecule has 6 nitrogen and oxygen atoms in total. The molecule has 0 aliphatic carbocycles. The van der Waals surface area contributed by atoms with Crippen LogP contribution in [0.2, 0.25) is 0 Å². The van der Waals surface area contributed by atoms with E-state index in [4.69, 9.17) is 0 Å². The van der Waals surface area contributed by atoms with Crippen LogP contribution in [-0.4, -0.2) is 15.9 Å². The lowest BCUT2D eigenvalue weighted by Gasteiger charge is -2.06. The van der Waals surface area contributed by atoms with Crippen molar-refractivity contribution in [2.45, 2.75) is 0 Å². The van der Waals surface area contributed by atoms with Crippen LogP contribution in [0.15, 0.2) is 30.5 Å². The van der Waals surface area contributed by atoms with Gasteiger partial charge in [-0.2, -0.15) is 0 Å². The minimum absolute atomic E-state index is 0.188. The van der Waals surface area contributed by atoms with Crippen molar-refractivity contribution in [1.29, 1.82) is 0 Å². The second-order valence-corrected chi connectivity index (χ2v) is 3.11. The number of carboxylic acids is 1. The Balaban J connectivity index is 2.84. The molecule has 0 aliphatic heterocycles. The summed E-state index contributed by atoms with van der Waals surface area (Å²) in [7, 11) is 0. The van der Waals surface area contributed by atoms with E-state index in [-0.39, 0.29) is 16.8 Å². The van der Waals surface area contributed by atoms with E-state index in [0.717, 1.165) is 6.07 Å². The zero-order chi connectivity index (χ0) is 11.7. The summed E-state index contributed by atoms with van der Waals surface area (Å²) in [6.07, 6.45) is 1.42. The van der Waals surface area contributed by atoms with E-state index in [1.165, 1.54) is 12.3 Å². The van der Waals surface area contributed by atoms with Crippen molar-refractivity contribution >= 4 is 22.6 Å². The zero-order valence-electron chi connectivity index (χ0n) is 7.91. The van der Waals surface area contributed by atoms with Gasteiger partial charge in [-0.05, 0) is 6.07 Å². The molecule has 80 valence electrons. The molecule has 0 aliphatic rings. The summed E-state index contributed by atoms with van der Waals surface area (Å²) >= 11 is 0. The van der Waals surface area contributed by atoms with Crippen molar-refractivity contribution in [3.05, 3.63) is 46.1 Å². The van der Waals surface area contributed by atoms with Crippen molar-refractivity contribution in [1.82, 2.24) is 4.98 Å². The fourth-order valence-corrected chi connectivity index (χ4v) is 1.44.